The molecule has 1 unspecified atom stereocenters. The molecule has 0 aromatic rings. The van der Waals surface area contributed by atoms with Crippen molar-refractivity contribution in [3.05, 3.63) is 0 Å². The maximum Gasteiger partial charge on any atom is 0.0165 e. The highest BCUT2D eigenvalue weighted by Gasteiger charge is 2.32. The highest BCUT2D eigenvalue weighted by atomic mass is 15.1. The average molecular weight is 230 g/mol. The Morgan fingerprint density at radius 3 is 2.00 bits per heavy atom. The molecule has 1 fully saturated rings. The van der Waals surface area contributed by atoms with E-state index in [1.807, 2.05) is 27.7 Å². The summed E-state index contributed by atoms with van der Waals surface area (Å²) in [6, 6.07) is 0. The zero-order chi connectivity index (χ0) is 13.2. The fourth-order valence-electron chi connectivity index (χ4n) is 2.12. The second kappa shape index (κ2) is 10.1. The van der Waals surface area contributed by atoms with Crippen molar-refractivity contribution in [2.24, 2.45) is 5.92 Å². The molecule has 0 aliphatic carbocycles. The molecular weight excluding hydrogens is 196 g/mol. The van der Waals surface area contributed by atoms with Gasteiger partial charge in [0.05, 0.1) is 0 Å². The maximum absolute atomic E-state index is 3.56. The number of likely N-dealkylation sites (tertiary alicyclic amines) is 1. The lowest BCUT2D eigenvalue weighted by Crippen LogP contribution is -2.46. The van der Waals surface area contributed by atoms with Gasteiger partial charge in [0, 0.05) is 12.1 Å². The van der Waals surface area contributed by atoms with Gasteiger partial charge in [0.25, 0.3) is 0 Å². The van der Waals surface area contributed by atoms with Gasteiger partial charge in [0.2, 0.25) is 0 Å². The van der Waals surface area contributed by atoms with Crippen molar-refractivity contribution in [2.45, 2.75) is 60.4 Å². The number of nitrogens with zero attached hydrogens (tertiary/aromatic N) is 1. The zero-order valence-electron chi connectivity index (χ0n) is 12.9. The third kappa shape index (κ3) is 6.49. The van der Waals surface area contributed by atoms with Gasteiger partial charge in [-0.15, -0.1) is 0 Å². The normalized spacial score (nSPS) is 20.6. The molecule has 0 spiro atoms. The Balaban J connectivity index is 0. The first kappa shape index (κ1) is 18.3. The van der Waals surface area contributed by atoms with Crippen molar-refractivity contribution in [3.63, 3.8) is 0 Å². The summed E-state index contributed by atoms with van der Waals surface area (Å²) in [7, 11) is 2.21. The minimum Gasteiger partial charge on any atom is -0.312 e. The lowest BCUT2D eigenvalue weighted by atomic mass is 9.87. The van der Waals surface area contributed by atoms with Crippen LogP contribution in [0, 0.1) is 5.92 Å². The van der Waals surface area contributed by atoms with E-state index in [-0.39, 0.29) is 0 Å². The molecule has 2 heteroatoms. The first-order valence-electron chi connectivity index (χ1n) is 7.00. The Kier molecular flexibility index (Phi) is 11.5. The fraction of sp³-hybridized carbons (Fsp3) is 1.00. The highest BCUT2D eigenvalue weighted by Crippen LogP contribution is 2.25. The molecular formula is C14H34N2. The molecule has 0 amide bonds. The van der Waals surface area contributed by atoms with Gasteiger partial charge in [0.15, 0.2) is 0 Å². The van der Waals surface area contributed by atoms with E-state index < -0.39 is 0 Å². The van der Waals surface area contributed by atoms with Crippen molar-refractivity contribution >= 4 is 0 Å². The summed E-state index contributed by atoms with van der Waals surface area (Å²) in [4.78, 5) is 2.42. The molecule has 100 valence electrons. The Bertz CT molecular complexity index is 144. The van der Waals surface area contributed by atoms with E-state index in [0.29, 0.717) is 5.54 Å². The van der Waals surface area contributed by atoms with Crippen molar-refractivity contribution < 1.29 is 0 Å². The largest absolute Gasteiger partial charge is 0.312 e. The van der Waals surface area contributed by atoms with Crippen LogP contribution in [0.15, 0.2) is 0 Å². The Labute approximate surface area is 104 Å². The summed E-state index contributed by atoms with van der Waals surface area (Å²) in [5, 5.41) is 3.56. The summed E-state index contributed by atoms with van der Waals surface area (Å²) in [5.41, 5.74) is 0.319. The molecule has 0 aromatic carbocycles. The number of nitrogens with one attached hydrogen (secondary N) is 1. The Morgan fingerprint density at radius 1 is 1.19 bits per heavy atom. The smallest absolute Gasteiger partial charge is 0.0165 e. The molecule has 1 aliphatic rings. The number of rotatable bonds is 3. The van der Waals surface area contributed by atoms with Crippen LogP contribution in [-0.2, 0) is 0 Å². The highest BCUT2D eigenvalue weighted by molar-refractivity contribution is 4.90. The van der Waals surface area contributed by atoms with Gasteiger partial charge in [-0.25, -0.2) is 0 Å². The lowest BCUT2D eigenvalue weighted by Gasteiger charge is -2.32. The van der Waals surface area contributed by atoms with Crippen molar-refractivity contribution in [3.8, 4) is 0 Å². The van der Waals surface area contributed by atoms with Crippen LogP contribution in [0.4, 0.5) is 0 Å². The van der Waals surface area contributed by atoms with Crippen LogP contribution >= 0.6 is 0 Å². The first-order chi connectivity index (χ1) is 7.56. The van der Waals surface area contributed by atoms with Crippen molar-refractivity contribution in [2.75, 3.05) is 26.7 Å². The maximum atomic E-state index is 3.56. The third-order valence-corrected chi connectivity index (χ3v) is 3.04. The van der Waals surface area contributed by atoms with Gasteiger partial charge in [0.1, 0.15) is 0 Å². The summed E-state index contributed by atoms with van der Waals surface area (Å²) in [6.07, 6.45) is 1.34. The topological polar surface area (TPSA) is 15.3 Å². The van der Waals surface area contributed by atoms with Crippen LogP contribution in [0.1, 0.15) is 54.9 Å². The van der Waals surface area contributed by atoms with E-state index in [1.165, 1.54) is 19.5 Å². The summed E-state index contributed by atoms with van der Waals surface area (Å²) in [6.45, 7) is 18.4. The molecule has 1 N–H and O–H groups in total. The quantitative estimate of drug-likeness (QED) is 0.799. The van der Waals surface area contributed by atoms with Crippen molar-refractivity contribution in [1.29, 1.82) is 0 Å². The SMILES string of the molecule is CC.CC.CCNC(C)(C)C1CCN(C)C1. The molecule has 1 heterocycles. The molecule has 1 atom stereocenters. The van der Waals surface area contributed by atoms with Gasteiger partial charge >= 0.3 is 0 Å². The monoisotopic (exact) mass is 230 g/mol. The van der Waals surface area contributed by atoms with Crippen LogP contribution in [-0.4, -0.2) is 37.1 Å². The number of hydrogen-bond donors (Lipinski definition) is 1. The van der Waals surface area contributed by atoms with E-state index in [2.05, 4.69) is 38.0 Å². The Hall–Kier alpha value is -0.0800. The second-order valence-electron chi connectivity index (χ2n) is 4.50. The van der Waals surface area contributed by atoms with Gasteiger partial charge in [-0.1, -0.05) is 34.6 Å². The van der Waals surface area contributed by atoms with Crippen molar-refractivity contribution in [1.82, 2.24) is 10.2 Å². The van der Waals surface area contributed by atoms with Crippen LogP contribution in [0.25, 0.3) is 0 Å². The average Bonchev–Trinajstić information content (AvgIpc) is 2.71. The van der Waals surface area contributed by atoms with E-state index in [9.17, 15) is 0 Å². The van der Waals surface area contributed by atoms with E-state index in [0.717, 1.165) is 12.5 Å². The minimum absolute atomic E-state index is 0.319. The molecule has 0 saturated carbocycles. The van der Waals surface area contributed by atoms with Gasteiger partial charge < -0.3 is 10.2 Å². The molecule has 0 radical (unpaired) electrons. The molecule has 2 nitrogen and oxygen atoms in total. The first-order valence-corrected chi connectivity index (χ1v) is 7.00. The van der Waals surface area contributed by atoms with E-state index in [4.69, 9.17) is 0 Å². The third-order valence-electron chi connectivity index (χ3n) is 3.04. The van der Waals surface area contributed by atoms with E-state index in [1.54, 1.807) is 0 Å². The molecule has 1 rings (SSSR count). The molecule has 16 heavy (non-hydrogen) atoms. The fourth-order valence-corrected chi connectivity index (χ4v) is 2.12. The predicted octanol–water partition coefficient (Wildman–Crippen LogP) is 3.38. The van der Waals surface area contributed by atoms with E-state index >= 15 is 0 Å². The van der Waals surface area contributed by atoms with Gasteiger partial charge in [-0.3, -0.25) is 0 Å². The van der Waals surface area contributed by atoms with Gasteiger partial charge in [-0.2, -0.15) is 0 Å². The predicted molar refractivity (Wildman–Crippen MR) is 76.1 cm³/mol. The molecule has 1 saturated heterocycles. The number of hydrogen-bond acceptors (Lipinski definition) is 2. The summed E-state index contributed by atoms with van der Waals surface area (Å²) >= 11 is 0. The van der Waals surface area contributed by atoms with Crippen LogP contribution in [0.5, 0.6) is 0 Å². The van der Waals surface area contributed by atoms with Crippen LogP contribution < -0.4 is 5.32 Å². The summed E-state index contributed by atoms with van der Waals surface area (Å²) in [5.74, 6) is 0.822. The summed E-state index contributed by atoms with van der Waals surface area (Å²) < 4.78 is 0. The molecule has 0 bridgehead atoms. The lowest BCUT2D eigenvalue weighted by molar-refractivity contribution is 0.255. The second-order valence-corrected chi connectivity index (χ2v) is 4.50. The molecule has 1 aliphatic heterocycles. The molecule has 0 aromatic heterocycles. The Morgan fingerprint density at radius 2 is 1.69 bits per heavy atom. The van der Waals surface area contributed by atoms with Crippen LogP contribution in [0.2, 0.25) is 0 Å². The zero-order valence-corrected chi connectivity index (χ0v) is 12.9. The standard InChI is InChI=1S/C10H22N2.2C2H6/c1-5-11-10(2,3)9-6-7-12(4)8-9;2*1-2/h9,11H,5-8H2,1-4H3;2*1-2H3. The van der Waals surface area contributed by atoms with Gasteiger partial charge in [-0.05, 0) is 46.3 Å². The minimum atomic E-state index is 0.319. The van der Waals surface area contributed by atoms with Crippen LogP contribution in [0.3, 0.4) is 0 Å².